The lowest BCUT2D eigenvalue weighted by atomic mass is 10.1. The monoisotopic (exact) mass is 362 g/mol. The van der Waals surface area contributed by atoms with Gasteiger partial charge in [-0.1, -0.05) is 36.4 Å². The van der Waals surface area contributed by atoms with Crippen LogP contribution in [0.5, 0.6) is 0 Å². The number of hydrogen-bond acceptors (Lipinski definition) is 3. The summed E-state index contributed by atoms with van der Waals surface area (Å²) in [6.07, 6.45) is 2.80. The fourth-order valence-corrected chi connectivity index (χ4v) is 3.67. The van der Waals surface area contributed by atoms with Crippen molar-refractivity contribution in [1.82, 2.24) is 4.98 Å². The standard InChI is InChI=1S/C22H22N2O3/c1-15(22(26)24-13-12-16-6-2-5-9-20(16)24)27-21(25)11-10-17-14-23-19-8-4-3-7-18(17)19/h2-9,14-15,23H,10-13H2,1H3. The van der Waals surface area contributed by atoms with E-state index >= 15 is 0 Å². The van der Waals surface area contributed by atoms with Crippen molar-refractivity contribution in [2.24, 2.45) is 0 Å². The number of aromatic nitrogens is 1. The third-order valence-electron chi connectivity index (χ3n) is 5.08. The van der Waals surface area contributed by atoms with Gasteiger partial charge in [0.05, 0.1) is 0 Å². The van der Waals surface area contributed by atoms with Crippen LogP contribution in [0.4, 0.5) is 5.69 Å². The maximum absolute atomic E-state index is 12.7. The summed E-state index contributed by atoms with van der Waals surface area (Å²) in [4.78, 5) is 29.9. The van der Waals surface area contributed by atoms with E-state index in [2.05, 4.69) is 4.98 Å². The molecule has 0 radical (unpaired) electrons. The number of fused-ring (bicyclic) bond motifs is 2. The number of para-hydroxylation sites is 2. The molecule has 2 heterocycles. The van der Waals surface area contributed by atoms with Gasteiger partial charge in [-0.05, 0) is 43.0 Å². The van der Waals surface area contributed by atoms with Gasteiger partial charge in [-0.15, -0.1) is 0 Å². The molecule has 5 nitrogen and oxygen atoms in total. The summed E-state index contributed by atoms with van der Waals surface area (Å²) in [5.74, 6) is -0.519. The molecule has 0 fully saturated rings. The van der Waals surface area contributed by atoms with E-state index < -0.39 is 6.10 Å². The molecule has 0 spiro atoms. The van der Waals surface area contributed by atoms with Gasteiger partial charge in [0, 0.05) is 35.8 Å². The Morgan fingerprint density at radius 3 is 2.81 bits per heavy atom. The Morgan fingerprint density at radius 2 is 1.93 bits per heavy atom. The number of aromatic amines is 1. The second kappa shape index (κ2) is 7.27. The first-order valence-electron chi connectivity index (χ1n) is 9.27. The van der Waals surface area contributed by atoms with Crippen molar-refractivity contribution >= 4 is 28.5 Å². The van der Waals surface area contributed by atoms with E-state index in [0.29, 0.717) is 13.0 Å². The molecule has 3 aromatic rings. The number of H-pyrrole nitrogens is 1. The normalized spacial score (nSPS) is 14.2. The molecule has 0 aliphatic carbocycles. The van der Waals surface area contributed by atoms with Gasteiger partial charge in [-0.2, -0.15) is 0 Å². The molecule has 1 atom stereocenters. The minimum absolute atomic E-state index is 0.166. The van der Waals surface area contributed by atoms with Gasteiger partial charge < -0.3 is 14.6 Å². The van der Waals surface area contributed by atoms with Crippen LogP contribution in [0, 0.1) is 0 Å². The van der Waals surface area contributed by atoms with Gasteiger partial charge in [-0.25, -0.2) is 0 Å². The van der Waals surface area contributed by atoms with Gasteiger partial charge in [0.2, 0.25) is 0 Å². The lowest BCUT2D eigenvalue weighted by Crippen LogP contribution is -2.39. The Labute approximate surface area is 157 Å². The maximum atomic E-state index is 12.7. The number of carbonyl (C=O) groups is 2. The molecule has 138 valence electrons. The molecule has 1 aromatic heterocycles. The number of amides is 1. The van der Waals surface area contributed by atoms with E-state index in [0.717, 1.165) is 34.1 Å². The number of anilines is 1. The summed E-state index contributed by atoms with van der Waals surface area (Å²) in [5.41, 5.74) is 4.21. The van der Waals surface area contributed by atoms with Crippen LogP contribution >= 0.6 is 0 Å². The molecule has 2 aromatic carbocycles. The van der Waals surface area contributed by atoms with Crippen LogP contribution in [0.1, 0.15) is 24.5 Å². The number of ether oxygens (including phenoxy) is 1. The lowest BCUT2D eigenvalue weighted by Gasteiger charge is -2.21. The minimum Gasteiger partial charge on any atom is -0.453 e. The number of aryl methyl sites for hydroxylation is 1. The lowest BCUT2D eigenvalue weighted by molar-refractivity contribution is -0.153. The molecule has 1 amide bonds. The van der Waals surface area contributed by atoms with Crippen molar-refractivity contribution in [3.63, 3.8) is 0 Å². The van der Waals surface area contributed by atoms with Crippen molar-refractivity contribution in [1.29, 1.82) is 0 Å². The highest BCUT2D eigenvalue weighted by Gasteiger charge is 2.29. The fourth-order valence-electron chi connectivity index (χ4n) is 3.67. The molecular weight excluding hydrogens is 340 g/mol. The molecule has 0 saturated heterocycles. The van der Waals surface area contributed by atoms with E-state index in [1.165, 1.54) is 0 Å². The molecule has 1 N–H and O–H groups in total. The summed E-state index contributed by atoms with van der Waals surface area (Å²) in [7, 11) is 0. The third-order valence-corrected chi connectivity index (χ3v) is 5.08. The molecule has 1 aliphatic rings. The molecule has 0 bridgehead atoms. The summed E-state index contributed by atoms with van der Waals surface area (Å²) in [5, 5.41) is 1.11. The van der Waals surface area contributed by atoms with Crippen molar-refractivity contribution in [2.45, 2.75) is 32.3 Å². The second-order valence-electron chi connectivity index (χ2n) is 6.86. The number of carbonyl (C=O) groups excluding carboxylic acids is 2. The number of rotatable bonds is 5. The first-order valence-corrected chi connectivity index (χ1v) is 9.27. The zero-order valence-corrected chi connectivity index (χ0v) is 15.3. The molecule has 1 aliphatic heterocycles. The van der Waals surface area contributed by atoms with Crippen LogP contribution in [0.2, 0.25) is 0 Å². The number of nitrogens with one attached hydrogen (secondary N) is 1. The molecular formula is C22H22N2O3. The summed E-state index contributed by atoms with van der Waals surface area (Å²) < 4.78 is 5.41. The Hall–Kier alpha value is -3.08. The average molecular weight is 362 g/mol. The quantitative estimate of drug-likeness (QED) is 0.705. The van der Waals surface area contributed by atoms with Crippen LogP contribution in [-0.4, -0.2) is 29.5 Å². The minimum atomic E-state index is -0.786. The number of nitrogens with zero attached hydrogens (tertiary/aromatic N) is 1. The predicted molar refractivity (Wildman–Crippen MR) is 105 cm³/mol. The number of hydrogen-bond donors (Lipinski definition) is 1. The highest BCUT2D eigenvalue weighted by Crippen LogP contribution is 2.28. The topological polar surface area (TPSA) is 62.4 Å². The Bertz CT molecular complexity index is 992. The van der Waals surface area contributed by atoms with E-state index in [9.17, 15) is 9.59 Å². The van der Waals surface area contributed by atoms with E-state index in [1.54, 1.807) is 11.8 Å². The highest BCUT2D eigenvalue weighted by molar-refractivity contribution is 5.99. The molecule has 1 unspecified atom stereocenters. The highest BCUT2D eigenvalue weighted by atomic mass is 16.5. The third kappa shape index (κ3) is 3.45. The van der Waals surface area contributed by atoms with Crippen LogP contribution in [0.3, 0.4) is 0 Å². The van der Waals surface area contributed by atoms with Gasteiger partial charge in [0.1, 0.15) is 0 Å². The van der Waals surface area contributed by atoms with Gasteiger partial charge in [-0.3, -0.25) is 9.59 Å². The first-order chi connectivity index (χ1) is 13.1. The smallest absolute Gasteiger partial charge is 0.306 e. The van der Waals surface area contributed by atoms with Crippen LogP contribution in [-0.2, 0) is 27.2 Å². The SMILES string of the molecule is CC(OC(=O)CCc1c[nH]c2ccccc12)C(=O)N1CCc2ccccc21. The Balaban J connectivity index is 1.35. The van der Waals surface area contributed by atoms with Crippen LogP contribution < -0.4 is 4.90 Å². The van der Waals surface area contributed by atoms with Crippen molar-refractivity contribution in [2.75, 3.05) is 11.4 Å². The summed E-state index contributed by atoms with van der Waals surface area (Å²) >= 11 is 0. The predicted octanol–water partition coefficient (Wildman–Crippen LogP) is 3.62. The van der Waals surface area contributed by atoms with Crippen LogP contribution in [0.15, 0.2) is 54.7 Å². The Kier molecular flexibility index (Phi) is 4.67. The zero-order valence-electron chi connectivity index (χ0n) is 15.3. The summed E-state index contributed by atoms with van der Waals surface area (Å²) in [6, 6.07) is 15.8. The van der Waals surface area contributed by atoms with Crippen molar-refractivity contribution in [3.05, 3.63) is 65.9 Å². The summed E-state index contributed by atoms with van der Waals surface area (Å²) in [6.45, 7) is 2.28. The second-order valence-corrected chi connectivity index (χ2v) is 6.86. The van der Waals surface area contributed by atoms with Gasteiger partial charge in [0.25, 0.3) is 5.91 Å². The largest absolute Gasteiger partial charge is 0.453 e. The zero-order chi connectivity index (χ0) is 18.8. The molecule has 5 heteroatoms. The van der Waals surface area contributed by atoms with Gasteiger partial charge >= 0.3 is 5.97 Å². The van der Waals surface area contributed by atoms with E-state index in [1.807, 2.05) is 54.7 Å². The number of benzene rings is 2. The van der Waals surface area contributed by atoms with E-state index in [4.69, 9.17) is 4.74 Å². The molecule has 27 heavy (non-hydrogen) atoms. The fraction of sp³-hybridized carbons (Fsp3) is 0.273. The Morgan fingerprint density at radius 1 is 1.15 bits per heavy atom. The van der Waals surface area contributed by atoms with Crippen molar-refractivity contribution in [3.8, 4) is 0 Å². The first kappa shape index (κ1) is 17.3. The number of esters is 1. The van der Waals surface area contributed by atoms with Gasteiger partial charge in [0.15, 0.2) is 6.10 Å². The van der Waals surface area contributed by atoms with Crippen LogP contribution in [0.25, 0.3) is 10.9 Å². The maximum Gasteiger partial charge on any atom is 0.306 e. The molecule has 0 saturated carbocycles. The van der Waals surface area contributed by atoms with Crippen molar-refractivity contribution < 1.29 is 14.3 Å². The average Bonchev–Trinajstić information content (AvgIpc) is 3.30. The molecule has 4 rings (SSSR count). The van der Waals surface area contributed by atoms with E-state index in [-0.39, 0.29) is 18.3 Å².